The van der Waals surface area contributed by atoms with Crippen molar-refractivity contribution in [3.8, 4) is 11.5 Å². The van der Waals surface area contributed by atoms with E-state index < -0.39 is 12.1 Å². The molecule has 0 unspecified atom stereocenters. The maximum Gasteiger partial charge on any atom is 0.337 e. The maximum atomic E-state index is 11.3. The predicted molar refractivity (Wildman–Crippen MR) is 132 cm³/mol. The molecule has 1 aliphatic carbocycles. The van der Waals surface area contributed by atoms with E-state index in [0.29, 0.717) is 23.1 Å². The Bertz CT molecular complexity index is 1140. The van der Waals surface area contributed by atoms with E-state index in [1.54, 1.807) is 18.2 Å². The first kappa shape index (κ1) is 25.3. The Hall–Kier alpha value is -2.28. The molecular weight excluding hydrogens is 485 g/mol. The van der Waals surface area contributed by atoms with Crippen LogP contribution in [0.3, 0.4) is 0 Å². The topological polar surface area (TPSA) is 78.8 Å². The molecule has 0 saturated carbocycles. The first-order valence-electron chi connectivity index (χ1n) is 10.4. The molecule has 4 rings (SSSR count). The molecule has 1 aliphatic rings. The highest BCUT2D eigenvalue weighted by atomic mass is 35.5. The van der Waals surface area contributed by atoms with Crippen LogP contribution in [0.15, 0.2) is 60.7 Å². The van der Waals surface area contributed by atoms with Crippen LogP contribution in [0.1, 0.15) is 39.6 Å². The molecule has 3 aromatic carbocycles. The van der Waals surface area contributed by atoms with E-state index in [4.69, 9.17) is 27.9 Å². The summed E-state index contributed by atoms with van der Waals surface area (Å²) in [6, 6.07) is 18.0. The summed E-state index contributed by atoms with van der Waals surface area (Å²) < 4.78 is 5.90. The van der Waals surface area contributed by atoms with Crippen LogP contribution in [0.5, 0.6) is 11.5 Å². The highest BCUT2D eigenvalue weighted by molar-refractivity contribution is 6.33. The molecule has 0 aromatic heterocycles. The van der Waals surface area contributed by atoms with Gasteiger partial charge in [0, 0.05) is 17.6 Å². The number of carboxylic acid groups (broad SMARTS) is 1. The number of nitrogens with one attached hydrogen (secondary N) is 1. The second-order valence-corrected chi connectivity index (χ2v) is 8.74. The van der Waals surface area contributed by atoms with Crippen molar-refractivity contribution < 1.29 is 19.7 Å². The number of rotatable bonds is 7. The SMILES string of the molecule is Cl.O=C(O)c1cc(Oc2ccc3c(c2)C[C@@H](NC[C@H](O)c2cccc(Cl)c2)CC3)ccc1Cl. The Morgan fingerprint density at radius 3 is 2.58 bits per heavy atom. The van der Waals surface area contributed by atoms with Crippen molar-refractivity contribution in [1.29, 1.82) is 0 Å². The molecule has 0 spiro atoms. The number of aromatic carboxylic acids is 1. The number of halogens is 3. The van der Waals surface area contributed by atoms with Crippen molar-refractivity contribution in [3.63, 3.8) is 0 Å². The molecule has 0 fully saturated rings. The van der Waals surface area contributed by atoms with E-state index in [1.807, 2.05) is 24.3 Å². The van der Waals surface area contributed by atoms with Crippen molar-refractivity contribution in [1.82, 2.24) is 5.32 Å². The average molecular weight is 509 g/mol. The van der Waals surface area contributed by atoms with E-state index in [-0.39, 0.29) is 29.0 Å². The van der Waals surface area contributed by atoms with Crippen LogP contribution in [0.4, 0.5) is 0 Å². The number of ether oxygens (including phenoxy) is 1. The van der Waals surface area contributed by atoms with Crippen LogP contribution >= 0.6 is 35.6 Å². The van der Waals surface area contributed by atoms with Gasteiger partial charge in [0.2, 0.25) is 0 Å². The minimum atomic E-state index is -1.10. The largest absolute Gasteiger partial charge is 0.478 e. The zero-order chi connectivity index (χ0) is 22.7. The van der Waals surface area contributed by atoms with Gasteiger partial charge in [-0.3, -0.25) is 0 Å². The summed E-state index contributed by atoms with van der Waals surface area (Å²) in [6.07, 6.45) is 2.10. The lowest BCUT2D eigenvalue weighted by Crippen LogP contribution is -2.37. The molecule has 174 valence electrons. The van der Waals surface area contributed by atoms with Gasteiger partial charge >= 0.3 is 5.97 Å². The number of aliphatic hydroxyl groups excluding tert-OH is 1. The third kappa shape index (κ3) is 6.40. The molecule has 3 aromatic rings. The van der Waals surface area contributed by atoms with Gasteiger partial charge in [0.1, 0.15) is 11.5 Å². The normalized spacial score (nSPS) is 15.8. The third-order valence-corrected chi connectivity index (χ3v) is 6.21. The molecule has 0 bridgehead atoms. The third-order valence-electron chi connectivity index (χ3n) is 5.64. The standard InChI is InChI=1S/C25H23Cl2NO4.ClH/c26-18-3-1-2-16(10-18)24(29)14-28-19-6-4-15-5-7-20(12-17(15)11-19)32-21-8-9-23(27)22(13-21)25(30)31;/h1-3,5,7-10,12-13,19,24,28-29H,4,6,11,14H2,(H,30,31);1H/t19-,24-;/m0./s1. The molecule has 5 nitrogen and oxygen atoms in total. The molecule has 0 aliphatic heterocycles. The summed E-state index contributed by atoms with van der Waals surface area (Å²) in [5.41, 5.74) is 3.24. The van der Waals surface area contributed by atoms with Crippen LogP contribution in [-0.2, 0) is 12.8 Å². The number of benzene rings is 3. The van der Waals surface area contributed by atoms with Crippen molar-refractivity contribution in [2.75, 3.05) is 6.54 Å². The van der Waals surface area contributed by atoms with E-state index in [0.717, 1.165) is 24.8 Å². The van der Waals surface area contributed by atoms with Crippen molar-refractivity contribution in [2.24, 2.45) is 0 Å². The van der Waals surface area contributed by atoms with E-state index in [1.165, 1.54) is 23.3 Å². The van der Waals surface area contributed by atoms with Crippen LogP contribution in [0.25, 0.3) is 0 Å². The number of aryl methyl sites for hydroxylation is 1. The molecule has 2 atom stereocenters. The first-order chi connectivity index (χ1) is 15.4. The molecule has 0 radical (unpaired) electrons. The lowest BCUT2D eigenvalue weighted by atomic mass is 9.88. The predicted octanol–water partition coefficient (Wildman–Crippen LogP) is 6.09. The minimum Gasteiger partial charge on any atom is -0.478 e. The van der Waals surface area contributed by atoms with Gasteiger partial charge in [0.25, 0.3) is 0 Å². The fraction of sp³-hybridized carbons (Fsp3) is 0.240. The summed E-state index contributed by atoms with van der Waals surface area (Å²) in [5, 5.41) is 24.0. The van der Waals surface area contributed by atoms with E-state index in [2.05, 4.69) is 11.4 Å². The fourth-order valence-corrected chi connectivity index (χ4v) is 4.35. The summed E-state index contributed by atoms with van der Waals surface area (Å²) in [4.78, 5) is 11.3. The second kappa shape index (κ2) is 11.2. The monoisotopic (exact) mass is 507 g/mol. The number of aliphatic hydroxyl groups is 1. The van der Waals surface area contributed by atoms with Gasteiger partial charge in [-0.1, -0.05) is 41.4 Å². The van der Waals surface area contributed by atoms with Crippen LogP contribution in [0, 0.1) is 0 Å². The zero-order valence-electron chi connectivity index (χ0n) is 17.6. The Kier molecular flexibility index (Phi) is 8.63. The van der Waals surface area contributed by atoms with Gasteiger partial charge in [-0.2, -0.15) is 0 Å². The molecule has 0 saturated heterocycles. The maximum absolute atomic E-state index is 11.3. The Morgan fingerprint density at radius 2 is 1.82 bits per heavy atom. The molecule has 3 N–H and O–H groups in total. The molecular formula is C25H24Cl3NO4. The van der Waals surface area contributed by atoms with Gasteiger partial charge in [0.05, 0.1) is 16.7 Å². The van der Waals surface area contributed by atoms with Crippen molar-refractivity contribution in [2.45, 2.75) is 31.4 Å². The van der Waals surface area contributed by atoms with Gasteiger partial charge in [0.15, 0.2) is 0 Å². The summed E-state index contributed by atoms with van der Waals surface area (Å²) >= 11 is 12.0. The number of carboxylic acids is 1. The van der Waals surface area contributed by atoms with Gasteiger partial charge in [-0.25, -0.2) is 4.79 Å². The van der Waals surface area contributed by atoms with E-state index in [9.17, 15) is 15.0 Å². The quantitative estimate of drug-likeness (QED) is 0.360. The van der Waals surface area contributed by atoms with Crippen molar-refractivity contribution in [3.05, 3.63) is 93.0 Å². The molecule has 8 heteroatoms. The summed E-state index contributed by atoms with van der Waals surface area (Å²) in [7, 11) is 0. The lowest BCUT2D eigenvalue weighted by molar-refractivity contribution is 0.0696. The number of hydrogen-bond acceptors (Lipinski definition) is 4. The highest BCUT2D eigenvalue weighted by Crippen LogP contribution is 2.30. The van der Waals surface area contributed by atoms with Gasteiger partial charge < -0.3 is 20.3 Å². The summed E-state index contributed by atoms with van der Waals surface area (Å²) in [6.45, 7) is 0.444. The Balaban J connectivity index is 0.00000306. The minimum absolute atomic E-state index is 0. The van der Waals surface area contributed by atoms with Gasteiger partial charge in [-0.15, -0.1) is 12.4 Å². The second-order valence-electron chi connectivity index (χ2n) is 7.90. The van der Waals surface area contributed by atoms with Crippen molar-refractivity contribution >= 4 is 41.6 Å². The van der Waals surface area contributed by atoms with Crippen LogP contribution < -0.4 is 10.1 Å². The average Bonchev–Trinajstić information content (AvgIpc) is 2.78. The lowest BCUT2D eigenvalue weighted by Gasteiger charge is -2.27. The molecule has 0 heterocycles. The van der Waals surface area contributed by atoms with Crippen LogP contribution in [-0.4, -0.2) is 28.8 Å². The molecule has 0 amide bonds. The number of hydrogen-bond donors (Lipinski definition) is 3. The number of carbonyl (C=O) groups is 1. The van der Waals surface area contributed by atoms with E-state index >= 15 is 0 Å². The fourth-order valence-electron chi connectivity index (χ4n) is 3.95. The molecule has 33 heavy (non-hydrogen) atoms. The first-order valence-corrected chi connectivity index (χ1v) is 11.1. The summed E-state index contributed by atoms with van der Waals surface area (Å²) in [5.74, 6) is -0.0383. The Labute approximate surface area is 208 Å². The Morgan fingerprint density at radius 1 is 1.06 bits per heavy atom. The van der Waals surface area contributed by atoms with Crippen LogP contribution in [0.2, 0.25) is 10.0 Å². The highest BCUT2D eigenvalue weighted by Gasteiger charge is 2.20. The zero-order valence-corrected chi connectivity index (χ0v) is 20.0. The number of fused-ring (bicyclic) bond motifs is 1. The van der Waals surface area contributed by atoms with Gasteiger partial charge in [-0.05, 0) is 78.4 Å². The smallest absolute Gasteiger partial charge is 0.337 e.